The van der Waals surface area contributed by atoms with Gasteiger partial charge in [-0.25, -0.2) is 0 Å². The molecule has 0 radical (unpaired) electrons. The highest BCUT2D eigenvalue weighted by Gasteiger charge is 2.25. The third kappa shape index (κ3) is 2.83. The molecule has 3 rings (SSSR count). The zero-order valence-electron chi connectivity index (χ0n) is 12.1. The summed E-state index contributed by atoms with van der Waals surface area (Å²) >= 11 is 5.99. The largest absolute Gasteiger partial charge is 0.326 e. The molecule has 0 spiro atoms. The van der Waals surface area contributed by atoms with Gasteiger partial charge < -0.3 is 10.2 Å². The van der Waals surface area contributed by atoms with Gasteiger partial charge in [0.05, 0.1) is 0 Å². The van der Waals surface area contributed by atoms with Gasteiger partial charge in [-0.2, -0.15) is 0 Å². The van der Waals surface area contributed by atoms with Crippen molar-refractivity contribution in [2.24, 2.45) is 0 Å². The number of carbonyl (C=O) groups is 2. The first kappa shape index (κ1) is 14.6. The van der Waals surface area contributed by atoms with E-state index in [-0.39, 0.29) is 11.8 Å². The van der Waals surface area contributed by atoms with Gasteiger partial charge in [-0.15, -0.1) is 0 Å². The van der Waals surface area contributed by atoms with Crippen molar-refractivity contribution in [1.82, 2.24) is 0 Å². The molecule has 1 N–H and O–H groups in total. The van der Waals surface area contributed by atoms with Crippen LogP contribution in [0.15, 0.2) is 42.5 Å². The van der Waals surface area contributed by atoms with Gasteiger partial charge in [0.25, 0.3) is 5.91 Å². The molecule has 0 saturated carbocycles. The molecule has 0 unspecified atom stereocenters. The molecule has 0 atom stereocenters. The lowest BCUT2D eigenvalue weighted by Gasteiger charge is -2.17. The minimum absolute atomic E-state index is 0.0459. The van der Waals surface area contributed by atoms with Crippen molar-refractivity contribution in [3.63, 3.8) is 0 Å². The van der Waals surface area contributed by atoms with Gasteiger partial charge in [0.15, 0.2) is 0 Å². The molecule has 1 aliphatic heterocycles. The fraction of sp³-hybridized carbons (Fsp3) is 0.176. The van der Waals surface area contributed by atoms with E-state index < -0.39 is 0 Å². The summed E-state index contributed by atoms with van der Waals surface area (Å²) in [5.74, 6) is -0.181. The van der Waals surface area contributed by atoms with E-state index in [1.807, 2.05) is 12.1 Å². The average molecular weight is 315 g/mol. The van der Waals surface area contributed by atoms with Crippen LogP contribution in [0.2, 0.25) is 5.02 Å². The predicted molar refractivity (Wildman–Crippen MR) is 87.6 cm³/mol. The summed E-state index contributed by atoms with van der Waals surface area (Å²) < 4.78 is 0. The first-order valence-electron chi connectivity index (χ1n) is 7.02. The molecule has 0 aliphatic carbocycles. The zero-order valence-corrected chi connectivity index (χ0v) is 12.9. The van der Waals surface area contributed by atoms with Crippen LogP contribution in [0.5, 0.6) is 0 Å². The van der Waals surface area contributed by atoms with Crippen LogP contribution in [-0.4, -0.2) is 18.4 Å². The maximum atomic E-state index is 12.6. The van der Waals surface area contributed by atoms with Gasteiger partial charge >= 0.3 is 0 Å². The molecule has 0 fully saturated rings. The van der Waals surface area contributed by atoms with Gasteiger partial charge in [-0.05, 0) is 54.4 Å². The van der Waals surface area contributed by atoms with Crippen LogP contribution in [0.3, 0.4) is 0 Å². The number of rotatable bonds is 2. The lowest BCUT2D eigenvalue weighted by Crippen LogP contribution is -2.28. The molecule has 5 heteroatoms. The second kappa shape index (κ2) is 5.81. The second-order valence-corrected chi connectivity index (χ2v) is 5.67. The Morgan fingerprint density at radius 1 is 1.14 bits per heavy atom. The summed E-state index contributed by atoms with van der Waals surface area (Å²) in [6.07, 6.45) is 0.811. The second-order valence-electron chi connectivity index (χ2n) is 5.24. The predicted octanol–water partition coefficient (Wildman–Crippen LogP) is 3.50. The Balaban J connectivity index is 1.82. The monoisotopic (exact) mass is 314 g/mol. The van der Waals surface area contributed by atoms with E-state index in [0.29, 0.717) is 22.8 Å². The molecule has 2 aromatic rings. The quantitative estimate of drug-likeness (QED) is 0.922. The first-order chi connectivity index (χ1) is 10.5. The normalized spacial score (nSPS) is 12.9. The maximum absolute atomic E-state index is 12.6. The van der Waals surface area contributed by atoms with Crippen LogP contribution >= 0.6 is 11.6 Å². The minimum atomic E-state index is -0.135. The Morgan fingerprint density at radius 2 is 1.86 bits per heavy atom. The van der Waals surface area contributed by atoms with Gasteiger partial charge in [-0.3, -0.25) is 9.59 Å². The standard InChI is InChI=1S/C17H15ClN2O2/c1-11(21)19-15-5-2-12(3-6-15)17(22)20-9-8-13-10-14(18)4-7-16(13)20/h2-7,10H,8-9H2,1H3,(H,19,21). The van der Waals surface area contributed by atoms with Gasteiger partial charge in [-0.1, -0.05) is 11.6 Å². The lowest BCUT2D eigenvalue weighted by molar-refractivity contribution is -0.114. The van der Waals surface area contributed by atoms with Gasteiger partial charge in [0.1, 0.15) is 0 Å². The van der Waals surface area contributed by atoms with Crippen LogP contribution < -0.4 is 10.2 Å². The number of nitrogens with one attached hydrogen (secondary N) is 1. The van der Waals surface area contributed by atoms with E-state index in [0.717, 1.165) is 17.7 Å². The van der Waals surface area contributed by atoms with Crippen LogP contribution in [0.4, 0.5) is 11.4 Å². The Kier molecular flexibility index (Phi) is 3.86. The van der Waals surface area contributed by atoms with E-state index in [1.54, 1.807) is 35.2 Å². The van der Waals surface area contributed by atoms with E-state index in [9.17, 15) is 9.59 Å². The Bertz CT molecular complexity index is 741. The van der Waals surface area contributed by atoms with Crippen molar-refractivity contribution in [3.8, 4) is 0 Å². The molecule has 0 saturated heterocycles. The summed E-state index contributed by atoms with van der Waals surface area (Å²) in [4.78, 5) is 25.4. The average Bonchev–Trinajstić information content (AvgIpc) is 2.89. The van der Waals surface area contributed by atoms with Crippen molar-refractivity contribution in [3.05, 3.63) is 58.6 Å². The molecule has 1 heterocycles. The maximum Gasteiger partial charge on any atom is 0.258 e. The summed E-state index contributed by atoms with van der Waals surface area (Å²) in [6.45, 7) is 2.10. The molecule has 0 aromatic heterocycles. The fourth-order valence-electron chi connectivity index (χ4n) is 2.64. The summed E-state index contributed by atoms with van der Waals surface area (Å²) in [5.41, 5.74) is 3.28. The Labute approximate surface area is 133 Å². The summed E-state index contributed by atoms with van der Waals surface area (Å²) in [6, 6.07) is 12.5. The molecule has 2 aromatic carbocycles. The molecule has 4 nitrogen and oxygen atoms in total. The number of carbonyl (C=O) groups excluding carboxylic acids is 2. The topological polar surface area (TPSA) is 49.4 Å². The number of fused-ring (bicyclic) bond motifs is 1. The first-order valence-corrected chi connectivity index (χ1v) is 7.40. The molecule has 2 amide bonds. The number of hydrogen-bond donors (Lipinski definition) is 1. The number of anilines is 2. The highest BCUT2D eigenvalue weighted by atomic mass is 35.5. The molecule has 0 bridgehead atoms. The van der Waals surface area contributed by atoms with Crippen LogP contribution in [0.1, 0.15) is 22.8 Å². The van der Waals surface area contributed by atoms with Crippen LogP contribution in [0, 0.1) is 0 Å². The van der Waals surface area contributed by atoms with Crippen LogP contribution in [-0.2, 0) is 11.2 Å². The molecule has 112 valence electrons. The number of benzene rings is 2. The zero-order chi connectivity index (χ0) is 15.7. The van der Waals surface area contributed by atoms with Crippen molar-refractivity contribution in [2.75, 3.05) is 16.8 Å². The van der Waals surface area contributed by atoms with Gasteiger partial charge in [0.2, 0.25) is 5.91 Å². The van der Waals surface area contributed by atoms with Crippen molar-refractivity contribution < 1.29 is 9.59 Å². The third-order valence-electron chi connectivity index (χ3n) is 3.63. The Morgan fingerprint density at radius 3 is 2.55 bits per heavy atom. The van der Waals surface area contributed by atoms with E-state index in [1.165, 1.54) is 6.92 Å². The highest BCUT2D eigenvalue weighted by molar-refractivity contribution is 6.30. The summed E-state index contributed by atoms with van der Waals surface area (Å²) in [5, 5.41) is 3.37. The van der Waals surface area contributed by atoms with E-state index in [2.05, 4.69) is 5.32 Å². The van der Waals surface area contributed by atoms with Crippen molar-refractivity contribution >= 4 is 34.8 Å². The van der Waals surface area contributed by atoms with Gasteiger partial charge in [0, 0.05) is 35.4 Å². The minimum Gasteiger partial charge on any atom is -0.326 e. The summed E-state index contributed by atoms with van der Waals surface area (Å²) in [7, 11) is 0. The Hall–Kier alpha value is -2.33. The smallest absolute Gasteiger partial charge is 0.258 e. The number of halogens is 1. The van der Waals surface area contributed by atoms with Crippen molar-refractivity contribution in [2.45, 2.75) is 13.3 Å². The van der Waals surface area contributed by atoms with E-state index >= 15 is 0 Å². The molecule has 22 heavy (non-hydrogen) atoms. The lowest BCUT2D eigenvalue weighted by atomic mass is 10.1. The number of nitrogens with zero attached hydrogens (tertiary/aromatic N) is 1. The number of hydrogen-bond acceptors (Lipinski definition) is 2. The molecular weight excluding hydrogens is 300 g/mol. The molecule has 1 aliphatic rings. The third-order valence-corrected chi connectivity index (χ3v) is 3.87. The molecular formula is C17H15ClN2O2. The SMILES string of the molecule is CC(=O)Nc1ccc(C(=O)N2CCc3cc(Cl)ccc32)cc1. The van der Waals surface area contributed by atoms with E-state index in [4.69, 9.17) is 11.6 Å². The fourth-order valence-corrected chi connectivity index (χ4v) is 2.83. The highest BCUT2D eigenvalue weighted by Crippen LogP contribution is 2.31. The number of amides is 2. The van der Waals surface area contributed by atoms with Crippen LogP contribution in [0.25, 0.3) is 0 Å². The van der Waals surface area contributed by atoms with Crippen molar-refractivity contribution in [1.29, 1.82) is 0 Å².